The first kappa shape index (κ1) is 12.9. The summed E-state index contributed by atoms with van der Waals surface area (Å²) in [4.78, 5) is 11.5. The van der Waals surface area contributed by atoms with E-state index in [-0.39, 0.29) is 5.97 Å². The smallest absolute Gasteiger partial charge is 0.338 e. The van der Waals surface area contributed by atoms with Gasteiger partial charge >= 0.3 is 5.97 Å². The van der Waals surface area contributed by atoms with E-state index in [1.54, 1.807) is 0 Å². The summed E-state index contributed by atoms with van der Waals surface area (Å²) in [6.45, 7) is 4.52. The summed E-state index contributed by atoms with van der Waals surface area (Å²) >= 11 is 0. The number of benzene rings is 1. The average molecular weight is 247 g/mol. The fourth-order valence-electron chi connectivity index (χ4n) is 2.49. The Bertz CT molecular complexity index is 399. The van der Waals surface area contributed by atoms with Crippen molar-refractivity contribution in [3.8, 4) is 0 Å². The lowest BCUT2D eigenvalue weighted by atomic mass is 10.1. The van der Waals surface area contributed by atoms with Gasteiger partial charge in [0.1, 0.15) is 0 Å². The highest BCUT2D eigenvalue weighted by Crippen LogP contribution is 2.28. The van der Waals surface area contributed by atoms with Crippen molar-refractivity contribution in [2.24, 2.45) is 5.92 Å². The van der Waals surface area contributed by atoms with Gasteiger partial charge in [0.15, 0.2) is 0 Å². The molecule has 98 valence electrons. The van der Waals surface area contributed by atoms with Crippen LogP contribution < -0.4 is 5.32 Å². The zero-order valence-electron chi connectivity index (χ0n) is 11.1. The SMILES string of the molecule is CCOC(=O)c1ccc(NC2CCCC2C)cc1. The van der Waals surface area contributed by atoms with Gasteiger partial charge in [-0.1, -0.05) is 13.3 Å². The van der Waals surface area contributed by atoms with E-state index in [1.807, 2.05) is 31.2 Å². The minimum atomic E-state index is -0.252. The summed E-state index contributed by atoms with van der Waals surface area (Å²) in [6, 6.07) is 8.12. The van der Waals surface area contributed by atoms with Gasteiger partial charge in [0.05, 0.1) is 12.2 Å². The summed E-state index contributed by atoms with van der Waals surface area (Å²) in [5.74, 6) is 0.480. The Morgan fingerprint density at radius 1 is 1.33 bits per heavy atom. The summed E-state index contributed by atoms with van der Waals surface area (Å²) in [6.07, 6.45) is 3.85. The lowest BCUT2D eigenvalue weighted by Crippen LogP contribution is -2.21. The van der Waals surface area contributed by atoms with Crippen LogP contribution in [0.4, 0.5) is 5.69 Å². The molecule has 1 aromatic carbocycles. The molecule has 1 N–H and O–H groups in total. The molecule has 0 heterocycles. The monoisotopic (exact) mass is 247 g/mol. The van der Waals surface area contributed by atoms with Crippen LogP contribution >= 0.6 is 0 Å². The first-order chi connectivity index (χ1) is 8.70. The number of hydrogen-bond acceptors (Lipinski definition) is 3. The second-order valence-corrected chi connectivity index (χ2v) is 4.96. The van der Waals surface area contributed by atoms with Crippen molar-refractivity contribution < 1.29 is 9.53 Å². The van der Waals surface area contributed by atoms with Crippen molar-refractivity contribution in [3.63, 3.8) is 0 Å². The molecule has 2 atom stereocenters. The Morgan fingerprint density at radius 2 is 2.06 bits per heavy atom. The molecule has 0 amide bonds. The van der Waals surface area contributed by atoms with E-state index in [0.717, 1.165) is 11.6 Å². The molecule has 1 aliphatic carbocycles. The maximum absolute atomic E-state index is 11.5. The van der Waals surface area contributed by atoms with Crippen LogP contribution in [0.15, 0.2) is 24.3 Å². The molecule has 1 aliphatic rings. The maximum Gasteiger partial charge on any atom is 0.338 e. The normalized spacial score (nSPS) is 22.8. The topological polar surface area (TPSA) is 38.3 Å². The molecule has 3 nitrogen and oxygen atoms in total. The van der Waals surface area contributed by atoms with Crippen molar-refractivity contribution >= 4 is 11.7 Å². The second-order valence-electron chi connectivity index (χ2n) is 4.96. The van der Waals surface area contributed by atoms with Crippen molar-refractivity contribution in [2.45, 2.75) is 39.2 Å². The van der Waals surface area contributed by atoms with Crippen LogP contribution in [0, 0.1) is 5.92 Å². The Balaban J connectivity index is 1.97. The summed E-state index contributed by atoms with van der Waals surface area (Å²) < 4.78 is 4.96. The zero-order chi connectivity index (χ0) is 13.0. The molecule has 3 heteroatoms. The molecule has 0 aromatic heterocycles. The third-order valence-corrected chi connectivity index (χ3v) is 3.61. The standard InChI is InChI=1S/C15H21NO2/c1-3-18-15(17)12-7-9-13(10-8-12)16-14-6-4-5-11(14)2/h7-11,14,16H,3-6H2,1-2H3. The molecule has 1 aromatic rings. The van der Waals surface area contributed by atoms with Gasteiger partial charge < -0.3 is 10.1 Å². The van der Waals surface area contributed by atoms with Gasteiger partial charge in [0.2, 0.25) is 0 Å². The van der Waals surface area contributed by atoms with Gasteiger partial charge in [-0.05, 0) is 49.9 Å². The Hall–Kier alpha value is -1.51. The van der Waals surface area contributed by atoms with E-state index >= 15 is 0 Å². The van der Waals surface area contributed by atoms with Crippen molar-refractivity contribution in [1.29, 1.82) is 0 Å². The van der Waals surface area contributed by atoms with E-state index in [2.05, 4.69) is 12.2 Å². The summed E-state index contributed by atoms with van der Waals surface area (Å²) in [5, 5.41) is 3.54. The summed E-state index contributed by atoms with van der Waals surface area (Å²) in [7, 11) is 0. The lowest BCUT2D eigenvalue weighted by molar-refractivity contribution is 0.0526. The molecule has 1 saturated carbocycles. The molecule has 2 rings (SSSR count). The van der Waals surface area contributed by atoms with E-state index in [4.69, 9.17) is 4.74 Å². The Labute approximate surface area is 109 Å². The number of ether oxygens (including phenoxy) is 1. The fourth-order valence-corrected chi connectivity index (χ4v) is 2.49. The van der Waals surface area contributed by atoms with Crippen LogP contribution in [-0.4, -0.2) is 18.6 Å². The van der Waals surface area contributed by atoms with E-state index < -0.39 is 0 Å². The molecule has 0 aliphatic heterocycles. The third kappa shape index (κ3) is 3.03. The average Bonchev–Trinajstić information content (AvgIpc) is 2.76. The summed E-state index contributed by atoms with van der Waals surface area (Å²) in [5.41, 5.74) is 1.70. The van der Waals surface area contributed by atoms with Gasteiger partial charge in [-0.3, -0.25) is 0 Å². The van der Waals surface area contributed by atoms with E-state index in [9.17, 15) is 4.79 Å². The van der Waals surface area contributed by atoms with Crippen molar-refractivity contribution in [2.75, 3.05) is 11.9 Å². The zero-order valence-corrected chi connectivity index (χ0v) is 11.1. The molecule has 0 spiro atoms. The van der Waals surface area contributed by atoms with Crippen LogP contribution in [0.25, 0.3) is 0 Å². The van der Waals surface area contributed by atoms with Crippen LogP contribution in [0.3, 0.4) is 0 Å². The van der Waals surface area contributed by atoms with Crippen LogP contribution in [0.5, 0.6) is 0 Å². The first-order valence-corrected chi connectivity index (χ1v) is 6.74. The predicted octanol–water partition coefficient (Wildman–Crippen LogP) is 3.46. The van der Waals surface area contributed by atoms with Crippen molar-refractivity contribution in [1.82, 2.24) is 0 Å². The van der Waals surface area contributed by atoms with E-state index in [0.29, 0.717) is 18.2 Å². The molecule has 2 unspecified atom stereocenters. The molecule has 18 heavy (non-hydrogen) atoms. The van der Waals surface area contributed by atoms with Crippen LogP contribution in [0.1, 0.15) is 43.5 Å². The van der Waals surface area contributed by atoms with Gasteiger partial charge in [-0.2, -0.15) is 0 Å². The number of carbonyl (C=O) groups is 1. The minimum Gasteiger partial charge on any atom is -0.462 e. The van der Waals surface area contributed by atoms with Crippen LogP contribution in [-0.2, 0) is 4.74 Å². The number of hydrogen-bond donors (Lipinski definition) is 1. The number of rotatable bonds is 4. The molecular formula is C15H21NO2. The largest absolute Gasteiger partial charge is 0.462 e. The number of nitrogens with one attached hydrogen (secondary N) is 1. The molecule has 0 radical (unpaired) electrons. The highest BCUT2D eigenvalue weighted by molar-refractivity contribution is 5.89. The van der Waals surface area contributed by atoms with Crippen LogP contribution in [0.2, 0.25) is 0 Å². The van der Waals surface area contributed by atoms with E-state index in [1.165, 1.54) is 19.3 Å². The lowest BCUT2D eigenvalue weighted by Gasteiger charge is -2.18. The number of esters is 1. The second kappa shape index (κ2) is 5.89. The Morgan fingerprint density at radius 3 is 2.61 bits per heavy atom. The molecular weight excluding hydrogens is 226 g/mol. The first-order valence-electron chi connectivity index (χ1n) is 6.74. The van der Waals surface area contributed by atoms with Gasteiger partial charge in [0.25, 0.3) is 0 Å². The highest BCUT2D eigenvalue weighted by Gasteiger charge is 2.22. The van der Waals surface area contributed by atoms with Gasteiger partial charge in [0, 0.05) is 11.7 Å². The fraction of sp³-hybridized carbons (Fsp3) is 0.533. The number of anilines is 1. The van der Waals surface area contributed by atoms with Gasteiger partial charge in [-0.25, -0.2) is 4.79 Å². The minimum absolute atomic E-state index is 0.252. The number of carbonyl (C=O) groups excluding carboxylic acids is 1. The maximum atomic E-state index is 11.5. The molecule has 1 fully saturated rings. The third-order valence-electron chi connectivity index (χ3n) is 3.61. The Kier molecular flexibility index (Phi) is 4.24. The molecule has 0 bridgehead atoms. The quantitative estimate of drug-likeness (QED) is 0.828. The molecule has 0 saturated heterocycles. The van der Waals surface area contributed by atoms with Crippen molar-refractivity contribution in [3.05, 3.63) is 29.8 Å². The van der Waals surface area contributed by atoms with Gasteiger partial charge in [-0.15, -0.1) is 0 Å². The highest BCUT2D eigenvalue weighted by atomic mass is 16.5. The predicted molar refractivity (Wildman–Crippen MR) is 72.8 cm³/mol.